The third kappa shape index (κ3) is 5.22. The summed E-state index contributed by atoms with van der Waals surface area (Å²) in [5.74, 6) is -0.116. The van der Waals surface area contributed by atoms with Crippen LogP contribution in [-0.4, -0.2) is 23.8 Å². The Labute approximate surface area is 127 Å². The molecule has 7 heteroatoms. The minimum atomic E-state index is -4.41. The normalized spacial score (nSPS) is 15.8. The Morgan fingerprint density at radius 3 is 2.41 bits per heavy atom. The van der Waals surface area contributed by atoms with Crippen LogP contribution in [0.3, 0.4) is 0 Å². The number of nitrogens with one attached hydrogen (secondary N) is 2. The lowest BCUT2D eigenvalue weighted by Crippen LogP contribution is -2.44. The first-order valence-electron chi connectivity index (χ1n) is 7.00. The predicted molar refractivity (Wildman–Crippen MR) is 77.2 cm³/mol. The highest BCUT2D eigenvalue weighted by molar-refractivity contribution is 5.74. The Bertz CT molecular complexity index is 506. The summed E-state index contributed by atoms with van der Waals surface area (Å²) in [4.78, 5) is 11.8. The van der Waals surface area contributed by atoms with Crippen LogP contribution in [0.1, 0.15) is 37.9 Å². The van der Waals surface area contributed by atoms with Crippen LogP contribution in [0.5, 0.6) is 0 Å². The number of aliphatic hydroxyl groups excluding tert-OH is 1. The van der Waals surface area contributed by atoms with Crippen LogP contribution in [0.25, 0.3) is 0 Å². The smallest absolute Gasteiger partial charge is 0.396 e. The van der Waals surface area contributed by atoms with E-state index in [0.717, 1.165) is 12.1 Å². The maximum absolute atomic E-state index is 12.7. The number of amides is 2. The molecule has 0 aliphatic carbocycles. The minimum Gasteiger partial charge on any atom is -0.396 e. The highest BCUT2D eigenvalue weighted by atomic mass is 19.4. The van der Waals surface area contributed by atoms with E-state index in [1.807, 2.05) is 0 Å². The molecule has 22 heavy (non-hydrogen) atoms. The molecule has 0 saturated heterocycles. The van der Waals surface area contributed by atoms with Crippen molar-refractivity contribution >= 4 is 6.03 Å². The molecule has 0 saturated carbocycles. The zero-order valence-electron chi connectivity index (χ0n) is 12.7. The number of carbonyl (C=O) groups excluding carboxylic acids is 1. The van der Waals surface area contributed by atoms with Gasteiger partial charge in [0.05, 0.1) is 11.6 Å². The fraction of sp³-hybridized carbons (Fsp3) is 0.533. The Kier molecular flexibility index (Phi) is 6.22. The number of rotatable bonds is 5. The quantitative estimate of drug-likeness (QED) is 0.781. The number of urea groups is 1. The highest BCUT2D eigenvalue weighted by Crippen LogP contribution is 2.30. The first kappa shape index (κ1) is 18.3. The standard InChI is InChI=1S/C15H21F3N2O2/c1-9(8-21)10(2)19-14(22)20-11(3)12-5-4-6-13(7-12)15(16,17)18/h4-7,9-11,21H,8H2,1-3H3,(H2,19,20,22). The van der Waals surface area contributed by atoms with E-state index in [9.17, 15) is 18.0 Å². The van der Waals surface area contributed by atoms with Gasteiger partial charge in [0.1, 0.15) is 0 Å². The molecule has 1 aromatic carbocycles. The molecule has 3 atom stereocenters. The van der Waals surface area contributed by atoms with Crippen molar-refractivity contribution in [2.45, 2.75) is 39.0 Å². The number of aliphatic hydroxyl groups is 1. The number of hydrogen-bond acceptors (Lipinski definition) is 2. The summed E-state index contributed by atoms with van der Waals surface area (Å²) in [5, 5.41) is 14.2. The van der Waals surface area contributed by atoms with E-state index in [2.05, 4.69) is 10.6 Å². The van der Waals surface area contributed by atoms with Gasteiger partial charge in [-0.1, -0.05) is 19.1 Å². The van der Waals surface area contributed by atoms with E-state index in [-0.39, 0.29) is 18.6 Å². The van der Waals surface area contributed by atoms with Crippen LogP contribution < -0.4 is 10.6 Å². The lowest BCUT2D eigenvalue weighted by Gasteiger charge is -2.22. The van der Waals surface area contributed by atoms with E-state index in [0.29, 0.717) is 5.56 Å². The van der Waals surface area contributed by atoms with Crippen molar-refractivity contribution in [3.05, 3.63) is 35.4 Å². The van der Waals surface area contributed by atoms with Gasteiger partial charge in [0, 0.05) is 12.6 Å². The van der Waals surface area contributed by atoms with Gasteiger partial charge < -0.3 is 15.7 Å². The number of carbonyl (C=O) groups is 1. The number of halogens is 3. The second-order valence-corrected chi connectivity index (χ2v) is 5.41. The molecule has 2 amide bonds. The summed E-state index contributed by atoms with van der Waals surface area (Å²) >= 11 is 0. The maximum atomic E-state index is 12.7. The van der Waals surface area contributed by atoms with Gasteiger partial charge in [0.25, 0.3) is 0 Å². The molecule has 0 fully saturated rings. The van der Waals surface area contributed by atoms with Gasteiger partial charge in [-0.15, -0.1) is 0 Å². The summed E-state index contributed by atoms with van der Waals surface area (Å²) in [6, 6.07) is 3.53. The monoisotopic (exact) mass is 318 g/mol. The molecule has 0 aliphatic heterocycles. The molecule has 0 spiro atoms. The molecule has 3 unspecified atom stereocenters. The second-order valence-electron chi connectivity index (χ2n) is 5.41. The van der Waals surface area contributed by atoms with Crippen LogP contribution in [0.4, 0.5) is 18.0 Å². The molecule has 1 aromatic rings. The van der Waals surface area contributed by atoms with Crippen molar-refractivity contribution in [3.63, 3.8) is 0 Å². The molecule has 1 rings (SSSR count). The van der Waals surface area contributed by atoms with Gasteiger partial charge in [0.2, 0.25) is 0 Å². The van der Waals surface area contributed by atoms with Crippen LogP contribution in [0.2, 0.25) is 0 Å². The second kappa shape index (κ2) is 7.49. The maximum Gasteiger partial charge on any atom is 0.416 e. The van der Waals surface area contributed by atoms with Gasteiger partial charge in [-0.25, -0.2) is 4.79 Å². The van der Waals surface area contributed by atoms with Crippen molar-refractivity contribution in [1.29, 1.82) is 0 Å². The van der Waals surface area contributed by atoms with E-state index in [1.165, 1.54) is 12.1 Å². The Balaban J connectivity index is 2.69. The lowest BCUT2D eigenvalue weighted by molar-refractivity contribution is -0.137. The molecule has 4 nitrogen and oxygen atoms in total. The summed E-state index contributed by atoms with van der Waals surface area (Å²) in [6.45, 7) is 5.07. The van der Waals surface area contributed by atoms with Crippen LogP contribution >= 0.6 is 0 Å². The fourth-order valence-electron chi connectivity index (χ4n) is 1.81. The Morgan fingerprint density at radius 2 is 1.86 bits per heavy atom. The van der Waals surface area contributed by atoms with Crippen LogP contribution in [-0.2, 0) is 6.18 Å². The number of benzene rings is 1. The largest absolute Gasteiger partial charge is 0.416 e. The van der Waals surface area contributed by atoms with E-state index < -0.39 is 23.8 Å². The molecule has 3 N–H and O–H groups in total. The van der Waals surface area contributed by atoms with E-state index in [4.69, 9.17) is 5.11 Å². The van der Waals surface area contributed by atoms with Crippen molar-refractivity contribution in [1.82, 2.24) is 10.6 Å². The van der Waals surface area contributed by atoms with Crippen molar-refractivity contribution in [2.75, 3.05) is 6.61 Å². The van der Waals surface area contributed by atoms with Crippen LogP contribution in [0.15, 0.2) is 24.3 Å². The third-order valence-corrected chi connectivity index (χ3v) is 3.56. The Morgan fingerprint density at radius 1 is 1.23 bits per heavy atom. The summed E-state index contributed by atoms with van der Waals surface area (Å²) in [7, 11) is 0. The van der Waals surface area contributed by atoms with Crippen LogP contribution in [0, 0.1) is 5.92 Å². The molecular formula is C15H21F3N2O2. The van der Waals surface area contributed by atoms with Crippen molar-refractivity contribution < 1.29 is 23.1 Å². The zero-order chi connectivity index (χ0) is 16.9. The number of alkyl halides is 3. The molecular weight excluding hydrogens is 297 g/mol. The highest BCUT2D eigenvalue weighted by Gasteiger charge is 2.30. The summed E-state index contributed by atoms with van der Waals surface area (Å²) in [6.07, 6.45) is -4.41. The lowest BCUT2D eigenvalue weighted by atomic mass is 10.0. The molecule has 0 bridgehead atoms. The first-order chi connectivity index (χ1) is 10.1. The SMILES string of the molecule is CC(NC(=O)NC(C)C(C)CO)c1cccc(C(F)(F)F)c1. The Hall–Kier alpha value is -1.76. The first-order valence-corrected chi connectivity index (χ1v) is 7.00. The topological polar surface area (TPSA) is 61.4 Å². The van der Waals surface area contributed by atoms with Crippen molar-refractivity contribution in [3.8, 4) is 0 Å². The summed E-state index contributed by atoms with van der Waals surface area (Å²) < 4.78 is 38.0. The van der Waals surface area contributed by atoms with Gasteiger partial charge in [0.15, 0.2) is 0 Å². The predicted octanol–water partition coefficient (Wildman–Crippen LogP) is 3.08. The zero-order valence-corrected chi connectivity index (χ0v) is 12.7. The van der Waals surface area contributed by atoms with E-state index in [1.54, 1.807) is 20.8 Å². The fourth-order valence-corrected chi connectivity index (χ4v) is 1.81. The molecule has 0 heterocycles. The average Bonchev–Trinajstić information content (AvgIpc) is 2.45. The van der Waals surface area contributed by atoms with Gasteiger partial charge in [-0.3, -0.25) is 0 Å². The van der Waals surface area contributed by atoms with Gasteiger partial charge in [-0.05, 0) is 37.5 Å². The van der Waals surface area contributed by atoms with Gasteiger partial charge in [-0.2, -0.15) is 13.2 Å². The van der Waals surface area contributed by atoms with E-state index >= 15 is 0 Å². The third-order valence-electron chi connectivity index (χ3n) is 3.56. The molecule has 0 aromatic heterocycles. The molecule has 0 aliphatic rings. The summed E-state index contributed by atoms with van der Waals surface area (Å²) in [5.41, 5.74) is -0.380. The van der Waals surface area contributed by atoms with Crippen molar-refractivity contribution in [2.24, 2.45) is 5.92 Å². The molecule has 124 valence electrons. The minimum absolute atomic E-state index is 0.0649. The average molecular weight is 318 g/mol. The van der Waals surface area contributed by atoms with Gasteiger partial charge >= 0.3 is 12.2 Å². The number of hydrogen-bond donors (Lipinski definition) is 3. The molecule has 0 radical (unpaired) electrons.